The standard InChI is InChI=1S/C37H54N4O7/c1-25-20-41(26(2)23-42)36(43)31-19-30(39-37(44)38-29-11-6-5-7-12-29)14-16-32(31)48-27(3)10-8-9-17-45-35(25)22-40(4)21-28-13-15-33-34(18-28)47-24-46-33/h13-16,18-19,25-27,29,35,42H,5-12,17,20-24H2,1-4H3,(H2,38,39,44)/t25-,26+,27-,35-/m0/s1. The maximum absolute atomic E-state index is 14.4. The molecule has 1 saturated carbocycles. The Balaban J connectivity index is 1.34. The Bertz CT molecular complexity index is 1370. The van der Waals surface area contributed by atoms with Crippen molar-refractivity contribution in [3.05, 3.63) is 47.5 Å². The fraction of sp³-hybridized carbons (Fsp3) is 0.622. The normalized spacial score (nSPS) is 23.2. The van der Waals surface area contributed by atoms with Gasteiger partial charge in [-0.25, -0.2) is 4.79 Å². The number of carbonyl (C=O) groups excluding carboxylic acids is 2. The van der Waals surface area contributed by atoms with Crippen molar-refractivity contribution >= 4 is 17.6 Å². The summed E-state index contributed by atoms with van der Waals surface area (Å²) in [6, 6.07) is 10.7. The van der Waals surface area contributed by atoms with Crippen LogP contribution in [0.5, 0.6) is 17.2 Å². The number of nitrogens with zero attached hydrogens (tertiary/aromatic N) is 2. The highest BCUT2D eigenvalue weighted by Crippen LogP contribution is 2.33. The van der Waals surface area contributed by atoms with E-state index in [1.165, 1.54) is 6.42 Å². The number of hydrogen-bond acceptors (Lipinski definition) is 8. The number of carbonyl (C=O) groups is 2. The van der Waals surface area contributed by atoms with E-state index in [2.05, 4.69) is 35.6 Å². The third kappa shape index (κ3) is 9.76. The number of aliphatic hydroxyl groups is 1. The highest BCUT2D eigenvalue weighted by atomic mass is 16.7. The summed E-state index contributed by atoms with van der Waals surface area (Å²) < 4.78 is 23.9. The molecular formula is C37H54N4O7. The molecule has 0 saturated heterocycles. The Morgan fingerprint density at radius 2 is 1.75 bits per heavy atom. The predicted octanol–water partition coefficient (Wildman–Crippen LogP) is 5.80. The molecule has 1 fully saturated rings. The molecule has 0 aromatic heterocycles. The van der Waals surface area contributed by atoms with Crippen molar-refractivity contribution in [3.63, 3.8) is 0 Å². The van der Waals surface area contributed by atoms with E-state index in [-0.39, 0.29) is 49.5 Å². The van der Waals surface area contributed by atoms with Crippen molar-refractivity contribution in [2.24, 2.45) is 5.92 Å². The first-order chi connectivity index (χ1) is 23.2. The summed E-state index contributed by atoms with van der Waals surface area (Å²) in [5.41, 5.74) is 1.99. The van der Waals surface area contributed by atoms with Crippen LogP contribution in [0.2, 0.25) is 0 Å². The molecule has 2 aliphatic heterocycles. The molecule has 5 rings (SSSR count). The lowest BCUT2D eigenvalue weighted by atomic mass is 9.96. The molecule has 0 spiro atoms. The SMILES string of the molecule is C[C@H](CO)N1C[C@H](C)[C@H](CN(C)Cc2ccc3c(c2)OCO3)OCCCC[C@H](C)Oc2ccc(NC(=O)NC3CCCCC3)cc2C1=O. The highest BCUT2D eigenvalue weighted by molar-refractivity contribution is 5.99. The molecular weight excluding hydrogens is 612 g/mol. The van der Waals surface area contributed by atoms with E-state index in [0.29, 0.717) is 43.2 Å². The van der Waals surface area contributed by atoms with Gasteiger partial charge in [0.25, 0.3) is 5.91 Å². The first kappa shape index (κ1) is 35.8. The van der Waals surface area contributed by atoms with Crippen LogP contribution in [0.15, 0.2) is 36.4 Å². The number of fused-ring (bicyclic) bond motifs is 2. The fourth-order valence-corrected chi connectivity index (χ4v) is 6.79. The van der Waals surface area contributed by atoms with Crippen LogP contribution in [0.4, 0.5) is 10.5 Å². The van der Waals surface area contributed by atoms with Crippen LogP contribution in [0.25, 0.3) is 0 Å². The average Bonchev–Trinajstić information content (AvgIpc) is 3.54. The number of rotatable bonds is 8. The minimum atomic E-state index is -0.448. The maximum atomic E-state index is 14.4. The molecule has 11 heteroatoms. The van der Waals surface area contributed by atoms with E-state index in [4.69, 9.17) is 18.9 Å². The first-order valence-corrected chi connectivity index (χ1v) is 17.7. The average molecular weight is 667 g/mol. The molecule has 0 bridgehead atoms. The van der Waals surface area contributed by atoms with Crippen LogP contribution in [-0.2, 0) is 11.3 Å². The van der Waals surface area contributed by atoms with Gasteiger partial charge in [0.2, 0.25) is 6.79 Å². The van der Waals surface area contributed by atoms with E-state index in [1.807, 2.05) is 26.0 Å². The zero-order valence-electron chi connectivity index (χ0n) is 29.0. The summed E-state index contributed by atoms with van der Waals surface area (Å²) in [5, 5.41) is 16.3. The van der Waals surface area contributed by atoms with Crippen molar-refractivity contribution in [1.29, 1.82) is 0 Å². The Morgan fingerprint density at radius 3 is 2.54 bits per heavy atom. The van der Waals surface area contributed by atoms with Gasteiger partial charge in [-0.15, -0.1) is 0 Å². The number of nitrogens with one attached hydrogen (secondary N) is 2. The van der Waals surface area contributed by atoms with Crippen molar-refractivity contribution < 1.29 is 33.6 Å². The molecule has 4 atom stereocenters. The van der Waals surface area contributed by atoms with Crippen LogP contribution in [0.3, 0.4) is 0 Å². The van der Waals surface area contributed by atoms with Gasteiger partial charge in [-0.2, -0.15) is 0 Å². The molecule has 1 aliphatic carbocycles. The summed E-state index contributed by atoms with van der Waals surface area (Å²) in [6.07, 6.45) is 7.74. The number of urea groups is 1. The smallest absolute Gasteiger partial charge is 0.319 e. The lowest BCUT2D eigenvalue weighted by Crippen LogP contribution is -2.47. The molecule has 0 unspecified atom stereocenters. The number of amides is 3. The third-order valence-corrected chi connectivity index (χ3v) is 9.63. The minimum Gasteiger partial charge on any atom is -0.490 e. The van der Waals surface area contributed by atoms with Crippen LogP contribution < -0.4 is 24.8 Å². The third-order valence-electron chi connectivity index (χ3n) is 9.63. The largest absolute Gasteiger partial charge is 0.490 e. The number of benzene rings is 2. The second kappa shape index (κ2) is 17.2. The molecule has 3 amide bonds. The molecule has 48 heavy (non-hydrogen) atoms. The molecule has 2 heterocycles. The molecule has 264 valence electrons. The minimum absolute atomic E-state index is 0.0454. The van der Waals surface area contributed by atoms with Crippen LogP contribution in [-0.4, -0.2) is 91.3 Å². The topological polar surface area (TPSA) is 122 Å². The Kier molecular flexibility index (Phi) is 12.8. The van der Waals surface area contributed by atoms with E-state index < -0.39 is 6.04 Å². The Hall–Kier alpha value is -3.54. The van der Waals surface area contributed by atoms with Crippen molar-refractivity contribution in [2.45, 2.75) is 103 Å². The summed E-state index contributed by atoms with van der Waals surface area (Å²) in [7, 11) is 2.07. The van der Waals surface area contributed by atoms with Gasteiger partial charge in [-0.05, 0) is 88.9 Å². The highest BCUT2D eigenvalue weighted by Gasteiger charge is 2.31. The van der Waals surface area contributed by atoms with E-state index in [0.717, 1.165) is 62.0 Å². The van der Waals surface area contributed by atoms with Crippen LogP contribution >= 0.6 is 0 Å². The summed E-state index contributed by atoms with van der Waals surface area (Å²) >= 11 is 0. The maximum Gasteiger partial charge on any atom is 0.319 e. The Labute approximate surface area is 285 Å². The fourth-order valence-electron chi connectivity index (χ4n) is 6.79. The molecule has 3 aliphatic rings. The van der Waals surface area contributed by atoms with Crippen LogP contribution in [0.1, 0.15) is 88.1 Å². The molecule has 11 nitrogen and oxygen atoms in total. The second-order valence-electron chi connectivity index (χ2n) is 13.8. The monoisotopic (exact) mass is 666 g/mol. The first-order valence-electron chi connectivity index (χ1n) is 17.7. The number of ether oxygens (including phenoxy) is 4. The van der Waals surface area contributed by atoms with Gasteiger partial charge < -0.3 is 39.6 Å². The summed E-state index contributed by atoms with van der Waals surface area (Å²) in [4.78, 5) is 31.2. The van der Waals surface area contributed by atoms with Gasteiger partial charge in [0, 0.05) is 43.9 Å². The quantitative estimate of drug-likeness (QED) is 0.324. The predicted molar refractivity (Wildman–Crippen MR) is 185 cm³/mol. The van der Waals surface area contributed by atoms with Crippen LogP contribution in [0, 0.1) is 5.92 Å². The number of likely N-dealkylation sites (N-methyl/N-ethyl adjacent to an activating group) is 1. The molecule has 0 radical (unpaired) electrons. The van der Waals surface area contributed by atoms with Crippen molar-refractivity contribution in [3.8, 4) is 17.2 Å². The number of hydrogen-bond donors (Lipinski definition) is 3. The van der Waals surface area contributed by atoms with Gasteiger partial charge in [-0.3, -0.25) is 9.69 Å². The van der Waals surface area contributed by atoms with Crippen molar-refractivity contribution in [1.82, 2.24) is 15.1 Å². The summed E-state index contributed by atoms with van der Waals surface area (Å²) in [5.74, 6) is 1.70. The zero-order chi connectivity index (χ0) is 34.0. The van der Waals surface area contributed by atoms with Gasteiger partial charge in [0.15, 0.2) is 11.5 Å². The molecule has 2 aromatic carbocycles. The van der Waals surface area contributed by atoms with Crippen molar-refractivity contribution in [2.75, 3.05) is 45.5 Å². The number of anilines is 1. The zero-order valence-corrected chi connectivity index (χ0v) is 29.0. The van der Waals surface area contributed by atoms with Gasteiger partial charge >= 0.3 is 6.03 Å². The van der Waals surface area contributed by atoms with E-state index in [9.17, 15) is 14.7 Å². The number of aliphatic hydroxyl groups excluding tert-OH is 1. The lowest BCUT2D eigenvalue weighted by Gasteiger charge is -2.36. The summed E-state index contributed by atoms with van der Waals surface area (Å²) in [6.45, 7) is 8.34. The van der Waals surface area contributed by atoms with Gasteiger partial charge in [0.05, 0.1) is 30.4 Å². The molecule has 3 N–H and O–H groups in total. The second-order valence-corrected chi connectivity index (χ2v) is 13.8. The van der Waals surface area contributed by atoms with E-state index in [1.54, 1.807) is 23.1 Å². The molecule has 2 aromatic rings. The lowest BCUT2D eigenvalue weighted by molar-refractivity contribution is -0.0177. The van der Waals surface area contributed by atoms with E-state index >= 15 is 0 Å². The van der Waals surface area contributed by atoms with Gasteiger partial charge in [0.1, 0.15) is 5.75 Å². The Morgan fingerprint density at radius 1 is 1.00 bits per heavy atom. The van der Waals surface area contributed by atoms with Gasteiger partial charge in [-0.1, -0.05) is 32.3 Å².